The number of nitrogens with zero attached hydrogens (tertiary/aromatic N) is 2. The molecule has 0 spiro atoms. The molecule has 0 aliphatic heterocycles. The van der Waals surface area contributed by atoms with Crippen LogP contribution in [0.3, 0.4) is 0 Å². The number of nitrogens with two attached hydrogens (primary N) is 1. The topological polar surface area (TPSA) is 43.8 Å². The highest BCUT2D eigenvalue weighted by Gasteiger charge is 2.08. The van der Waals surface area contributed by atoms with Crippen LogP contribution in [0.25, 0.3) is 5.69 Å². The number of aromatic nitrogens is 2. The predicted octanol–water partition coefficient (Wildman–Crippen LogP) is 2.38. The number of rotatable bonds is 1. The maximum Gasteiger partial charge on any atom is 0.0734 e. The summed E-state index contributed by atoms with van der Waals surface area (Å²) in [5, 5.41) is 4.28. The van der Waals surface area contributed by atoms with E-state index in [9.17, 15) is 0 Å². The fourth-order valence-electron chi connectivity index (χ4n) is 1.63. The lowest BCUT2D eigenvalue weighted by Crippen LogP contribution is -2.02. The van der Waals surface area contributed by atoms with E-state index in [1.54, 1.807) is 6.20 Å². The molecule has 2 N–H and O–H groups in total. The van der Waals surface area contributed by atoms with Gasteiger partial charge in [-0.2, -0.15) is 5.10 Å². The Kier molecular flexibility index (Phi) is 2.23. The summed E-state index contributed by atoms with van der Waals surface area (Å²) >= 11 is 0. The van der Waals surface area contributed by atoms with Crippen molar-refractivity contribution in [3.05, 3.63) is 41.2 Å². The number of aryl methyl sites for hydroxylation is 1. The van der Waals surface area contributed by atoms with Crippen LogP contribution in [-0.4, -0.2) is 9.78 Å². The quantitative estimate of drug-likeness (QED) is 0.769. The second-order valence-electron chi connectivity index (χ2n) is 3.82. The normalized spacial score (nSPS) is 10.6. The van der Waals surface area contributed by atoms with Crippen molar-refractivity contribution in [3.63, 3.8) is 0 Å². The van der Waals surface area contributed by atoms with Crippen LogP contribution >= 0.6 is 0 Å². The predicted molar refractivity (Wildman–Crippen MR) is 62.2 cm³/mol. The maximum absolute atomic E-state index is 5.78. The van der Waals surface area contributed by atoms with E-state index < -0.39 is 0 Å². The molecule has 0 fully saturated rings. The van der Waals surface area contributed by atoms with E-state index in [0.29, 0.717) is 0 Å². The van der Waals surface area contributed by atoms with Crippen molar-refractivity contribution in [1.29, 1.82) is 0 Å². The fourth-order valence-corrected chi connectivity index (χ4v) is 1.63. The van der Waals surface area contributed by atoms with Crippen LogP contribution in [0.4, 0.5) is 5.69 Å². The van der Waals surface area contributed by atoms with E-state index in [4.69, 9.17) is 5.73 Å². The molecule has 2 aromatic rings. The van der Waals surface area contributed by atoms with Gasteiger partial charge in [0.05, 0.1) is 23.3 Å². The Morgan fingerprint density at radius 2 is 1.93 bits per heavy atom. The Morgan fingerprint density at radius 1 is 1.20 bits per heavy atom. The van der Waals surface area contributed by atoms with Gasteiger partial charge >= 0.3 is 0 Å². The lowest BCUT2D eigenvalue weighted by atomic mass is 10.1. The van der Waals surface area contributed by atoms with Crippen molar-refractivity contribution >= 4 is 5.69 Å². The van der Waals surface area contributed by atoms with Crippen molar-refractivity contribution in [2.45, 2.75) is 20.8 Å². The van der Waals surface area contributed by atoms with E-state index in [-0.39, 0.29) is 0 Å². The Hall–Kier alpha value is -1.77. The van der Waals surface area contributed by atoms with Crippen LogP contribution in [0.5, 0.6) is 0 Å². The largest absolute Gasteiger partial charge is 0.396 e. The maximum atomic E-state index is 5.78. The molecule has 1 heterocycles. The lowest BCUT2D eigenvalue weighted by molar-refractivity contribution is 0.839. The SMILES string of the molecule is Cc1cccc(-n2ncc(N)c2C)c1C. The Morgan fingerprint density at radius 3 is 2.53 bits per heavy atom. The standard InChI is InChI=1S/C12H15N3/c1-8-5-4-6-12(9(8)2)15-10(3)11(13)7-14-15/h4-7H,13H2,1-3H3. The highest BCUT2D eigenvalue weighted by Crippen LogP contribution is 2.20. The van der Waals surface area contributed by atoms with E-state index in [1.807, 2.05) is 17.7 Å². The van der Waals surface area contributed by atoms with E-state index >= 15 is 0 Å². The van der Waals surface area contributed by atoms with Crippen molar-refractivity contribution in [3.8, 4) is 5.69 Å². The van der Waals surface area contributed by atoms with Crippen LogP contribution < -0.4 is 5.73 Å². The Balaban J connectivity index is 2.64. The summed E-state index contributed by atoms with van der Waals surface area (Å²) in [5.41, 5.74) is 11.1. The first-order chi connectivity index (χ1) is 7.11. The molecular weight excluding hydrogens is 186 g/mol. The second-order valence-corrected chi connectivity index (χ2v) is 3.82. The molecule has 0 radical (unpaired) electrons. The number of nitrogen functional groups attached to an aromatic ring is 1. The van der Waals surface area contributed by atoms with E-state index in [0.717, 1.165) is 17.1 Å². The smallest absolute Gasteiger partial charge is 0.0734 e. The Labute approximate surface area is 89.5 Å². The average molecular weight is 201 g/mol. The summed E-state index contributed by atoms with van der Waals surface area (Å²) in [6, 6.07) is 6.19. The van der Waals surface area contributed by atoms with Gasteiger partial charge in [-0.25, -0.2) is 4.68 Å². The zero-order valence-corrected chi connectivity index (χ0v) is 9.28. The third-order valence-electron chi connectivity index (χ3n) is 2.85. The first kappa shape index (κ1) is 9.77. The third-order valence-corrected chi connectivity index (χ3v) is 2.85. The molecule has 3 nitrogen and oxygen atoms in total. The molecule has 0 bridgehead atoms. The van der Waals surface area contributed by atoms with Crippen LogP contribution in [0, 0.1) is 20.8 Å². The first-order valence-electron chi connectivity index (χ1n) is 4.98. The highest BCUT2D eigenvalue weighted by atomic mass is 15.3. The monoisotopic (exact) mass is 201 g/mol. The third kappa shape index (κ3) is 1.50. The van der Waals surface area contributed by atoms with Crippen LogP contribution in [-0.2, 0) is 0 Å². The summed E-state index contributed by atoms with van der Waals surface area (Å²) in [4.78, 5) is 0. The number of anilines is 1. The molecule has 78 valence electrons. The molecule has 0 saturated carbocycles. The van der Waals surface area contributed by atoms with Crippen molar-refractivity contribution < 1.29 is 0 Å². The zero-order valence-electron chi connectivity index (χ0n) is 9.28. The molecule has 3 heteroatoms. The molecular formula is C12H15N3. The highest BCUT2D eigenvalue weighted by molar-refractivity contribution is 5.49. The molecule has 1 aromatic heterocycles. The van der Waals surface area contributed by atoms with Crippen molar-refractivity contribution in [2.75, 3.05) is 5.73 Å². The minimum atomic E-state index is 0.732. The molecule has 0 aliphatic carbocycles. The van der Waals surface area contributed by atoms with Gasteiger partial charge in [0.15, 0.2) is 0 Å². The fraction of sp³-hybridized carbons (Fsp3) is 0.250. The summed E-state index contributed by atoms with van der Waals surface area (Å²) in [7, 11) is 0. The van der Waals surface area contributed by atoms with Gasteiger partial charge in [-0.1, -0.05) is 12.1 Å². The number of hydrogen-bond acceptors (Lipinski definition) is 2. The van der Waals surface area contributed by atoms with E-state index in [2.05, 4.69) is 31.1 Å². The van der Waals surface area contributed by atoms with Crippen LogP contribution in [0.15, 0.2) is 24.4 Å². The van der Waals surface area contributed by atoms with Gasteiger partial charge in [-0.05, 0) is 38.0 Å². The molecule has 15 heavy (non-hydrogen) atoms. The van der Waals surface area contributed by atoms with Gasteiger partial charge in [0.2, 0.25) is 0 Å². The molecule has 0 aliphatic rings. The van der Waals surface area contributed by atoms with E-state index in [1.165, 1.54) is 11.1 Å². The van der Waals surface area contributed by atoms with Crippen molar-refractivity contribution in [2.24, 2.45) is 0 Å². The number of hydrogen-bond donors (Lipinski definition) is 1. The Bertz CT molecular complexity index is 498. The van der Waals surface area contributed by atoms with Gasteiger partial charge in [0, 0.05) is 0 Å². The molecule has 0 unspecified atom stereocenters. The van der Waals surface area contributed by atoms with Crippen molar-refractivity contribution in [1.82, 2.24) is 9.78 Å². The lowest BCUT2D eigenvalue weighted by Gasteiger charge is -2.10. The first-order valence-corrected chi connectivity index (χ1v) is 4.98. The molecule has 0 saturated heterocycles. The molecule has 2 rings (SSSR count). The summed E-state index contributed by atoms with van der Waals surface area (Å²) in [6.07, 6.45) is 1.69. The minimum absolute atomic E-state index is 0.732. The molecule has 0 atom stereocenters. The number of benzene rings is 1. The second kappa shape index (κ2) is 3.42. The van der Waals surface area contributed by atoms with Gasteiger partial charge < -0.3 is 5.73 Å². The average Bonchev–Trinajstić information content (AvgIpc) is 2.53. The van der Waals surface area contributed by atoms with Crippen LogP contribution in [0.2, 0.25) is 0 Å². The minimum Gasteiger partial charge on any atom is -0.396 e. The summed E-state index contributed by atoms with van der Waals surface area (Å²) in [5.74, 6) is 0. The van der Waals surface area contributed by atoms with Gasteiger partial charge in [-0.3, -0.25) is 0 Å². The van der Waals surface area contributed by atoms with Gasteiger partial charge in [-0.15, -0.1) is 0 Å². The van der Waals surface area contributed by atoms with Crippen LogP contribution in [0.1, 0.15) is 16.8 Å². The molecule has 0 amide bonds. The zero-order chi connectivity index (χ0) is 11.0. The van der Waals surface area contributed by atoms with Gasteiger partial charge in [0.1, 0.15) is 0 Å². The summed E-state index contributed by atoms with van der Waals surface area (Å²) in [6.45, 7) is 6.17. The summed E-state index contributed by atoms with van der Waals surface area (Å²) < 4.78 is 1.89. The van der Waals surface area contributed by atoms with Gasteiger partial charge in [0.25, 0.3) is 0 Å². The molecule has 1 aromatic carbocycles.